The molecule has 132 valence electrons. The molecule has 0 fully saturated rings. The predicted octanol–water partition coefficient (Wildman–Crippen LogP) is 3.34. The Hall–Kier alpha value is -2.34. The zero-order valence-corrected chi connectivity index (χ0v) is 15.1. The fourth-order valence-electron chi connectivity index (χ4n) is 2.81. The van der Waals surface area contributed by atoms with Crippen LogP contribution in [0.3, 0.4) is 0 Å². The summed E-state index contributed by atoms with van der Waals surface area (Å²) < 4.78 is 10.8. The summed E-state index contributed by atoms with van der Waals surface area (Å²) in [5.41, 5.74) is 6.44. The van der Waals surface area contributed by atoms with Crippen LogP contribution in [0.1, 0.15) is 40.4 Å². The van der Waals surface area contributed by atoms with Crippen molar-refractivity contribution in [1.29, 1.82) is 0 Å². The van der Waals surface area contributed by atoms with E-state index in [9.17, 15) is 9.59 Å². The van der Waals surface area contributed by atoms with Gasteiger partial charge in [-0.25, -0.2) is 4.79 Å². The van der Waals surface area contributed by atoms with Crippen molar-refractivity contribution in [3.8, 4) is 11.5 Å². The monoisotopic (exact) mass is 359 g/mol. The first-order valence-electron chi connectivity index (χ1n) is 8.32. The summed E-state index contributed by atoms with van der Waals surface area (Å²) in [5.74, 6) is 0.717. The number of ether oxygens (including phenoxy) is 2. The van der Waals surface area contributed by atoms with E-state index in [1.165, 1.54) is 28.2 Å². The molecule has 2 unspecified atom stereocenters. The van der Waals surface area contributed by atoms with E-state index in [-0.39, 0.29) is 5.97 Å². The fraction of sp³-hybridized carbons (Fsp3) is 0.368. The SMILES string of the molecule is CC1CCc2sc(C(=O)Oc3ccc(OC(C)C(N)=O)cc3)cc2C1. The van der Waals surface area contributed by atoms with Gasteiger partial charge in [-0.05, 0) is 68.0 Å². The van der Waals surface area contributed by atoms with Crippen LogP contribution in [0.25, 0.3) is 0 Å². The van der Waals surface area contributed by atoms with E-state index in [1.807, 2.05) is 6.07 Å². The summed E-state index contributed by atoms with van der Waals surface area (Å²) >= 11 is 1.53. The predicted molar refractivity (Wildman–Crippen MR) is 96.2 cm³/mol. The van der Waals surface area contributed by atoms with Crippen molar-refractivity contribution in [2.45, 2.75) is 39.2 Å². The highest BCUT2D eigenvalue weighted by Gasteiger charge is 2.21. The molecular weight excluding hydrogens is 338 g/mol. The van der Waals surface area contributed by atoms with Gasteiger partial charge < -0.3 is 15.2 Å². The van der Waals surface area contributed by atoms with Crippen LogP contribution in [0, 0.1) is 5.92 Å². The minimum Gasteiger partial charge on any atom is -0.481 e. The molecule has 0 saturated heterocycles. The number of carbonyl (C=O) groups excluding carboxylic acids is 2. The molecule has 0 spiro atoms. The van der Waals surface area contributed by atoms with Gasteiger partial charge in [-0.15, -0.1) is 11.3 Å². The number of amides is 1. The first-order valence-corrected chi connectivity index (χ1v) is 9.14. The number of nitrogens with two attached hydrogens (primary N) is 1. The Kier molecular flexibility index (Phi) is 5.08. The molecule has 1 amide bonds. The summed E-state index contributed by atoms with van der Waals surface area (Å²) in [4.78, 5) is 25.3. The van der Waals surface area contributed by atoms with Gasteiger partial charge in [0, 0.05) is 4.88 Å². The molecule has 2 aromatic rings. The van der Waals surface area contributed by atoms with Gasteiger partial charge >= 0.3 is 5.97 Å². The van der Waals surface area contributed by atoms with E-state index >= 15 is 0 Å². The largest absolute Gasteiger partial charge is 0.481 e. The Morgan fingerprint density at radius 2 is 1.92 bits per heavy atom. The molecule has 1 aliphatic carbocycles. The molecule has 1 aromatic carbocycles. The summed E-state index contributed by atoms with van der Waals surface area (Å²) in [6.07, 6.45) is 2.53. The minimum atomic E-state index is -0.715. The highest BCUT2D eigenvalue weighted by Crippen LogP contribution is 2.32. The van der Waals surface area contributed by atoms with E-state index in [0.29, 0.717) is 22.3 Å². The van der Waals surface area contributed by atoms with E-state index < -0.39 is 12.0 Å². The van der Waals surface area contributed by atoms with Crippen LogP contribution in [0.4, 0.5) is 0 Å². The maximum Gasteiger partial charge on any atom is 0.353 e. The Morgan fingerprint density at radius 3 is 2.60 bits per heavy atom. The van der Waals surface area contributed by atoms with E-state index in [1.54, 1.807) is 31.2 Å². The molecule has 0 bridgehead atoms. The fourth-order valence-corrected chi connectivity index (χ4v) is 3.90. The second kappa shape index (κ2) is 7.27. The number of hydrogen-bond acceptors (Lipinski definition) is 5. The topological polar surface area (TPSA) is 78.6 Å². The van der Waals surface area contributed by atoms with E-state index in [4.69, 9.17) is 15.2 Å². The van der Waals surface area contributed by atoms with Crippen LogP contribution < -0.4 is 15.2 Å². The number of esters is 1. The molecule has 1 heterocycles. The summed E-state index contributed by atoms with van der Waals surface area (Å²) in [5, 5.41) is 0. The van der Waals surface area contributed by atoms with Crippen molar-refractivity contribution >= 4 is 23.2 Å². The molecule has 25 heavy (non-hydrogen) atoms. The molecule has 2 atom stereocenters. The first kappa shape index (κ1) is 17.5. The number of primary amides is 1. The average molecular weight is 359 g/mol. The van der Waals surface area contributed by atoms with Gasteiger partial charge in [0.15, 0.2) is 6.10 Å². The average Bonchev–Trinajstić information content (AvgIpc) is 2.99. The number of hydrogen-bond donors (Lipinski definition) is 1. The molecule has 2 N–H and O–H groups in total. The highest BCUT2D eigenvalue weighted by atomic mass is 32.1. The third-order valence-electron chi connectivity index (χ3n) is 4.28. The molecule has 1 aliphatic rings. The van der Waals surface area contributed by atoms with Crippen molar-refractivity contribution in [2.24, 2.45) is 11.7 Å². The molecular formula is C19H21NO4S. The molecule has 0 radical (unpaired) electrons. The molecule has 0 saturated carbocycles. The van der Waals surface area contributed by atoms with Gasteiger partial charge in [0.05, 0.1) is 0 Å². The Morgan fingerprint density at radius 1 is 1.24 bits per heavy atom. The van der Waals surface area contributed by atoms with Crippen molar-refractivity contribution in [2.75, 3.05) is 0 Å². The molecule has 1 aromatic heterocycles. The third-order valence-corrected chi connectivity index (χ3v) is 5.50. The van der Waals surface area contributed by atoms with Gasteiger partial charge in [0.1, 0.15) is 16.4 Å². The molecule has 0 aliphatic heterocycles. The van der Waals surface area contributed by atoms with Crippen LogP contribution in [-0.2, 0) is 17.6 Å². The quantitative estimate of drug-likeness (QED) is 0.656. The van der Waals surface area contributed by atoms with Crippen LogP contribution in [-0.4, -0.2) is 18.0 Å². The normalized spacial score (nSPS) is 17.4. The minimum absolute atomic E-state index is 0.341. The second-order valence-electron chi connectivity index (χ2n) is 6.43. The number of thiophene rings is 1. The lowest BCUT2D eigenvalue weighted by Gasteiger charge is -2.16. The number of fused-ring (bicyclic) bond motifs is 1. The van der Waals surface area contributed by atoms with Gasteiger partial charge in [0.25, 0.3) is 5.91 Å². The zero-order chi connectivity index (χ0) is 18.0. The third kappa shape index (κ3) is 4.20. The molecule has 5 nitrogen and oxygen atoms in total. The van der Waals surface area contributed by atoms with Crippen molar-refractivity contribution < 1.29 is 19.1 Å². The molecule has 3 rings (SSSR count). The van der Waals surface area contributed by atoms with Crippen molar-refractivity contribution in [3.63, 3.8) is 0 Å². The zero-order valence-electron chi connectivity index (χ0n) is 14.3. The van der Waals surface area contributed by atoms with Gasteiger partial charge in [-0.2, -0.15) is 0 Å². The first-order chi connectivity index (χ1) is 11.9. The maximum atomic E-state index is 12.4. The Bertz CT molecular complexity index is 781. The smallest absolute Gasteiger partial charge is 0.353 e. The Labute approximate surface area is 150 Å². The van der Waals surface area contributed by atoms with Gasteiger partial charge in [0.2, 0.25) is 0 Å². The van der Waals surface area contributed by atoms with Crippen LogP contribution in [0.15, 0.2) is 30.3 Å². The second-order valence-corrected chi connectivity index (χ2v) is 7.57. The number of aryl methyl sites for hydroxylation is 1. The van der Waals surface area contributed by atoms with E-state index in [2.05, 4.69) is 6.92 Å². The van der Waals surface area contributed by atoms with Gasteiger partial charge in [-0.3, -0.25) is 4.79 Å². The lowest BCUT2D eigenvalue weighted by atomic mass is 9.90. The number of carbonyl (C=O) groups is 2. The maximum absolute atomic E-state index is 12.4. The lowest BCUT2D eigenvalue weighted by molar-refractivity contribution is -0.123. The van der Waals surface area contributed by atoms with Crippen LogP contribution >= 0.6 is 11.3 Å². The van der Waals surface area contributed by atoms with Gasteiger partial charge in [-0.1, -0.05) is 6.92 Å². The number of rotatable bonds is 5. The highest BCUT2D eigenvalue weighted by molar-refractivity contribution is 7.14. The Balaban J connectivity index is 1.64. The van der Waals surface area contributed by atoms with Crippen molar-refractivity contribution in [1.82, 2.24) is 0 Å². The van der Waals surface area contributed by atoms with Crippen LogP contribution in [0.2, 0.25) is 0 Å². The number of benzene rings is 1. The standard InChI is InChI=1S/C19H21NO4S/c1-11-3-8-16-13(9-11)10-17(25-16)19(22)24-15-6-4-14(5-7-15)23-12(2)18(20)21/h4-7,10-12H,3,8-9H2,1-2H3,(H2,20,21). The summed E-state index contributed by atoms with van der Waals surface area (Å²) in [6.45, 7) is 3.82. The summed E-state index contributed by atoms with van der Waals surface area (Å²) in [6, 6.07) is 8.52. The lowest BCUT2D eigenvalue weighted by Crippen LogP contribution is -2.30. The van der Waals surface area contributed by atoms with Crippen LogP contribution in [0.5, 0.6) is 11.5 Å². The molecule has 6 heteroatoms. The summed E-state index contributed by atoms with van der Waals surface area (Å²) in [7, 11) is 0. The van der Waals surface area contributed by atoms with Crippen molar-refractivity contribution in [3.05, 3.63) is 45.6 Å². The van der Waals surface area contributed by atoms with E-state index in [0.717, 1.165) is 12.8 Å².